The first-order valence-electron chi connectivity index (χ1n) is 6.42. The lowest BCUT2D eigenvalue weighted by molar-refractivity contribution is -0.128. The van der Waals surface area contributed by atoms with Crippen molar-refractivity contribution in [2.24, 2.45) is 0 Å². The van der Waals surface area contributed by atoms with E-state index >= 15 is 0 Å². The summed E-state index contributed by atoms with van der Waals surface area (Å²) >= 11 is 1.68. The van der Waals surface area contributed by atoms with Crippen LogP contribution in [0.4, 0.5) is 0 Å². The van der Waals surface area contributed by atoms with Gasteiger partial charge >= 0.3 is 0 Å². The van der Waals surface area contributed by atoms with E-state index in [1.54, 1.807) is 30.8 Å². The summed E-state index contributed by atoms with van der Waals surface area (Å²) in [7, 11) is 3.59. The first-order chi connectivity index (χ1) is 8.53. The van der Waals surface area contributed by atoms with Gasteiger partial charge in [-0.3, -0.25) is 4.79 Å². The van der Waals surface area contributed by atoms with Gasteiger partial charge in [-0.05, 0) is 32.1 Å². The molecule has 1 aliphatic heterocycles. The van der Waals surface area contributed by atoms with Crippen molar-refractivity contribution in [2.75, 3.05) is 40.0 Å². The van der Waals surface area contributed by atoms with E-state index in [2.05, 4.69) is 11.0 Å². The number of hydrogen-bond donors (Lipinski definition) is 0. The summed E-state index contributed by atoms with van der Waals surface area (Å²) in [6, 6.07) is 2.45. The monoisotopic (exact) mass is 269 g/mol. The smallest absolute Gasteiger partial charge is 0.222 e. The zero-order valence-corrected chi connectivity index (χ0v) is 12.4. The first kappa shape index (κ1) is 15.3. The topological polar surface area (TPSA) is 47.3 Å². The van der Waals surface area contributed by atoms with Gasteiger partial charge in [0.25, 0.3) is 0 Å². The van der Waals surface area contributed by atoms with E-state index in [1.807, 2.05) is 6.26 Å². The lowest BCUT2D eigenvalue weighted by Gasteiger charge is -2.36. The maximum absolute atomic E-state index is 11.4. The highest BCUT2D eigenvalue weighted by Crippen LogP contribution is 2.33. The number of piperidine rings is 1. The Kier molecular flexibility index (Phi) is 5.97. The normalized spacial score (nSPS) is 19.2. The second-order valence-electron chi connectivity index (χ2n) is 5.04. The Bertz CT molecular complexity index is 317. The Hall–Kier alpha value is -0.730. The summed E-state index contributed by atoms with van der Waals surface area (Å²) in [4.78, 5) is 15.5. The number of nitriles is 1. The number of nitrogens with zero attached hydrogens (tertiary/aromatic N) is 3. The van der Waals surface area contributed by atoms with Crippen molar-refractivity contribution >= 4 is 17.7 Å². The molecule has 0 N–H and O–H groups in total. The molecule has 1 amide bonds. The highest BCUT2D eigenvalue weighted by molar-refractivity contribution is 8.00. The van der Waals surface area contributed by atoms with Crippen LogP contribution >= 0.6 is 11.8 Å². The standard InChI is InChI=1S/C13H23N3OS/c1-15(2)12(17)5-4-8-16-9-6-13(11-14,18-3)7-10-16/h4-10H2,1-3H3. The molecular formula is C13H23N3OS. The van der Waals surface area contributed by atoms with Crippen molar-refractivity contribution < 1.29 is 4.79 Å². The highest BCUT2D eigenvalue weighted by Gasteiger charge is 2.33. The van der Waals surface area contributed by atoms with Gasteiger partial charge in [0.2, 0.25) is 5.91 Å². The quantitative estimate of drug-likeness (QED) is 0.760. The van der Waals surface area contributed by atoms with Crippen LogP contribution in [0, 0.1) is 11.3 Å². The van der Waals surface area contributed by atoms with Crippen molar-refractivity contribution in [3.8, 4) is 6.07 Å². The first-order valence-corrected chi connectivity index (χ1v) is 7.64. The molecule has 4 nitrogen and oxygen atoms in total. The second kappa shape index (κ2) is 7.01. The fourth-order valence-corrected chi connectivity index (χ4v) is 2.86. The van der Waals surface area contributed by atoms with Gasteiger partial charge in [0.05, 0.1) is 6.07 Å². The molecule has 1 saturated heterocycles. The van der Waals surface area contributed by atoms with E-state index < -0.39 is 0 Å². The number of amides is 1. The number of thioether (sulfide) groups is 1. The van der Waals surface area contributed by atoms with Crippen molar-refractivity contribution in [3.05, 3.63) is 0 Å². The minimum absolute atomic E-state index is 0.171. The molecule has 102 valence electrons. The number of carbonyl (C=O) groups excluding carboxylic acids is 1. The molecule has 0 spiro atoms. The highest BCUT2D eigenvalue weighted by atomic mass is 32.2. The maximum atomic E-state index is 11.4. The molecule has 0 aromatic carbocycles. The van der Waals surface area contributed by atoms with E-state index in [1.165, 1.54) is 0 Å². The minimum atomic E-state index is -0.171. The molecule has 18 heavy (non-hydrogen) atoms. The molecule has 0 saturated carbocycles. The van der Waals surface area contributed by atoms with Gasteiger partial charge in [0, 0.05) is 33.6 Å². The molecule has 0 aromatic heterocycles. The Morgan fingerprint density at radius 2 is 2.06 bits per heavy atom. The Morgan fingerprint density at radius 1 is 1.44 bits per heavy atom. The number of carbonyl (C=O) groups is 1. The van der Waals surface area contributed by atoms with Gasteiger partial charge in [-0.15, -0.1) is 11.8 Å². The number of rotatable bonds is 5. The second-order valence-corrected chi connectivity index (χ2v) is 6.23. The third kappa shape index (κ3) is 4.18. The molecule has 0 aliphatic carbocycles. The molecule has 1 rings (SSSR count). The average Bonchev–Trinajstić information content (AvgIpc) is 2.39. The van der Waals surface area contributed by atoms with Crippen molar-refractivity contribution in [3.63, 3.8) is 0 Å². The third-order valence-electron chi connectivity index (χ3n) is 3.62. The Labute approximate surface area is 114 Å². The van der Waals surface area contributed by atoms with Crippen LogP contribution in [-0.4, -0.2) is 60.4 Å². The summed E-state index contributed by atoms with van der Waals surface area (Å²) < 4.78 is -0.171. The summed E-state index contributed by atoms with van der Waals surface area (Å²) in [6.45, 7) is 2.92. The van der Waals surface area contributed by atoms with E-state index in [-0.39, 0.29) is 10.7 Å². The summed E-state index contributed by atoms with van der Waals surface area (Å²) in [6.07, 6.45) is 5.43. The molecule has 1 aliphatic rings. The van der Waals surface area contributed by atoms with Crippen LogP contribution in [0.1, 0.15) is 25.7 Å². The van der Waals surface area contributed by atoms with Gasteiger partial charge in [0.15, 0.2) is 0 Å². The predicted octanol–water partition coefficient (Wildman–Crippen LogP) is 1.58. The van der Waals surface area contributed by atoms with Gasteiger partial charge in [-0.2, -0.15) is 5.26 Å². The Morgan fingerprint density at radius 3 is 2.50 bits per heavy atom. The Balaban J connectivity index is 2.24. The molecule has 0 unspecified atom stereocenters. The van der Waals surface area contributed by atoms with Crippen LogP contribution < -0.4 is 0 Å². The van der Waals surface area contributed by atoms with E-state index in [0.717, 1.165) is 38.9 Å². The van der Waals surface area contributed by atoms with Gasteiger partial charge < -0.3 is 9.80 Å². The van der Waals surface area contributed by atoms with Crippen LogP contribution in [0.5, 0.6) is 0 Å². The molecule has 0 radical (unpaired) electrons. The minimum Gasteiger partial charge on any atom is -0.349 e. The molecule has 5 heteroatoms. The third-order valence-corrected chi connectivity index (χ3v) is 4.90. The number of hydrogen-bond acceptors (Lipinski definition) is 4. The predicted molar refractivity (Wildman–Crippen MR) is 75.5 cm³/mol. The zero-order chi connectivity index (χ0) is 13.6. The van der Waals surface area contributed by atoms with Crippen molar-refractivity contribution in [2.45, 2.75) is 30.4 Å². The van der Waals surface area contributed by atoms with Gasteiger partial charge in [0.1, 0.15) is 4.75 Å². The molecular weight excluding hydrogens is 246 g/mol. The van der Waals surface area contributed by atoms with Crippen LogP contribution in [0.3, 0.4) is 0 Å². The van der Waals surface area contributed by atoms with Crippen LogP contribution in [-0.2, 0) is 4.79 Å². The fourth-order valence-electron chi connectivity index (χ4n) is 2.18. The van der Waals surface area contributed by atoms with Crippen LogP contribution in [0.2, 0.25) is 0 Å². The average molecular weight is 269 g/mol. The zero-order valence-electron chi connectivity index (χ0n) is 11.6. The lowest BCUT2D eigenvalue weighted by Crippen LogP contribution is -2.42. The van der Waals surface area contributed by atoms with Gasteiger partial charge in [-0.25, -0.2) is 0 Å². The summed E-state index contributed by atoms with van der Waals surface area (Å²) in [5.41, 5.74) is 0. The molecule has 0 aromatic rings. The van der Waals surface area contributed by atoms with E-state index in [9.17, 15) is 10.1 Å². The molecule has 1 fully saturated rings. The van der Waals surface area contributed by atoms with Crippen LogP contribution in [0.15, 0.2) is 0 Å². The van der Waals surface area contributed by atoms with E-state index in [4.69, 9.17) is 0 Å². The van der Waals surface area contributed by atoms with E-state index in [0.29, 0.717) is 6.42 Å². The largest absolute Gasteiger partial charge is 0.349 e. The lowest BCUT2D eigenvalue weighted by atomic mass is 9.97. The fraction of sp³-hybridized carbons (Fsp3) is 0.846. The number of likely N-dealkylation sites (tertiary alicyclic amines) is 1. The van der Waals surface area contributed by atoms with Crippen molar-refractivity contribution in [1.82, 2.24) is 9.80 Å². The van der Waals surface area contributed by atoms with Crippen LogP contribution in [0.25, 0.3) is 0 Å². The molecule has 0 bridgehead atoms. The van der Waals surface area contributed by atoms with Crippen molar-refractivity contribution in [1.29, 1.82) is 5.26 Å². The van der Waals surface area contributed by atoms with Gasteiger partial charge in [-0.1, -0.05) is 0 Å². The molecule has 0 atom stereocenters. The SMILES string of the molecule is CSC1(C#N)CCN(CCCC(=O)N(C)C)CC1. The molecule has 1 heterocycles. The summed E-state index contributed by atoms with van der Waals surface area (Å²) in [5, 5.41) is 9.20. The maximum Gasteiger partial charge on any atom is 0.222 e. The summed E-state index contributed by atoms with van der Waals surface area (Å²) in [5.74, 6) is 0.197.